The van der Waals surface area contributed by atoms with Gasteiger partial charge in [0.1, 0.15) is 6.33 Å². The van der Waals surface area contributed by atoms with E-state index in [9.17, 15) is 4.79 Å². The van der Waals surface area contributed by atoms with Gasteiger partial charge >= 0.3 is 0 Å². The zero-order valence-corrected chi connectivity index (χ0v) is 12.2. The Bertz CT molecular complexity index is 575. The Hall–Kier alpha value is -1.73. The zero-order chi connectivity index (χ0) is 14.4. The van der Waals surface area contributed by atoms with Crippen LogP contribution in [0, 0.1) is 0 Å². The van der Waals surface area contributed by atoms with E-state index in [0.29, 0.717) is 22.8 Å². The van der Waals surface area contributed by atoms with Crippen molar-refractivity contribution >= 4 is 40.6 Å². The number of rotatable bonds is 6. The topological polar surface area (TPSA) is 96.7 Å². The van der Waals surface area contributed by atoms with Gasteiger partial charge in [-0.15, -0.1) is 0 Å². The molecule has 0 saturated heterocycles. The van der Waals surface area contributed by atoms with Crippen molar-refractivity contribution in [1.29, 1.82) is 0 Å². The predicted octanol–water partition coefficient (Wildman–Crippen LogP) is 2.55. The molecular formula is C12H14ClN5OS. The van der Waals surface area contributed by atoms with Gasteiger partial charge in [0, 0.05) is 17.9 Å². The van der Waals surface area contributed by atoms with Crippen molar-refractivity contribution in [3.05, 3.63) is 29.5 Å². The van der Waals surface area contributed by atoms with Crippen molar-refractivity contribution < 1.29 is 4.79 Å². The van der Waals surface area contributed by atoms with Crippen molar-refractivity contribution in [2.24, 2.45) is 0 Å². The molecule has 0 atom stereocenters. The van der Waals surface area contributed by atoms with Crippen LogP contribution in [0.4, 0.5) is 11.4 Å². The second kappa shape index (κ2) is 7.16. The highest BCUT2D eigenvalue weighted by Gasteiger charge is 2.05. The number of aromatic nitrogens is 3. The van der Waals surface area contributed by atoms with Crippen LogP contribution in [0.15, 0.2) is 29.7 Å². The zero-order valence-electron chi connectivity index (χ0n) is 10.6. The summed E-state index contributed by atoms with van der Waals surface area (Å²) in [6.07, 6.45) is 2.64. The standard InChI is InChI=1S/C12H14ClN5OS/c13-9-4-3-8(6-10(9)14)17-11(19)2-1-5-20-12-15-7-16-18-12/h3-4,6-7H,1-2,5,14H2,(H,17,19)(H,15,16,18). The highest BCUT2D eigenvalue weighted by atomic mass is 35.5. The Kier molecular flexibility index (Phi) is 5.25. The number of nitrogens with zero attached hydrogens (tertiary/aromatic N) is 2. The smallest absolute Gasteiger partial charge is 0.224 e. The Morgan fingerprint density at radius 2 is 2.35 bits per heavy atom. The lowest BCUT2D eigenvalue weighted by Crippen LogP contribution is -2.11. The maximum absolute atomic E-state index is 11.7. The van der Waals surface area contributed by atoms with E-state index in [-0.39, 0.29) is 5.91 Å². The highest BCUT2D eigenvalue weighted by molar-refractivity contribution is 7.99. The van der Waals surface area contributed by atoms with Gasteiger partial charge < -0.3 is 11.1 Å². The maximum Gasteiger partial charge on any atom is 0.224 e. The summed E-state index contributed by atoms with van der Waals surface area (Å²) in [7, 11) is 0. The van der Waals surface area contributed by atoms with Gasteiger partial charge in [-0.05, 0) is 24.6 Å². The van der Waals surface area contributed by atoms with E-state index in [4.69, 9.17) is 17.3 Å². The number of amides is 1. The molecule has 20 heavy (non-hydrogen) atoms. The van der Waals surface area contributed by atoms with E-state index in [0.717, 1.165) is 17.3 Å². The van der Waals surface area contributed by atoms with Gasteiger partial charge in [0.25, 0.3) is 0 Å². The number of anilines is 2. The third-order valence-electron chi connectivity index (χ3n) is 2.46. The second-order valence-electron chi connectivity index (χ2n) is 4.03. The van der Waals surface area contributed by atoms with Gasteiger partial charge in [-0.3, -0.25) is 9.89 Å². The molecule has 4 N–H and O–H groups in total. The minimum Gasteiger partial charge on any atom is -0.397 e. The molecule has 0 radical (unpaired) electrons. The Morgan fingerprint density at radius 1 is 1.50 bits per heavy atom. The van der Waals surface area contributed by atoms with Crippen LogP contribution in [0.5, 0.6) is 0 Å². The number of carbonyl (C=O) groups is 1. The van der Waals surface area contributed by atoms with Crippen molar-refractivity contribution in [3.8, 4) is 0 Å². The van der Waals surface area contributed by atoms with E-state index in [2.05, 4.69) is 20.5 Å². The van der Waals surface area contributed by atoms with Gasteiger partial charge in [-0.1, -0.05) is 23.4 Å². The van der Waals surface area contributed by atoms with E-state index in [1.165, 1.54) is 18.1 Å². The fraction of sp³-hybridized carbons (Fsp3) is 0.250. The third-order valence-corrected chi connectivity index (χ3v) is 3.77. The number of H-pyrrole nitrogens is 1. The minimum absolute atomic E-state index is 0.0510. The van der Waals surface area contributed by atoms with Crippen LogP contribution < -0.4 is 11.1 Å². The van der Waals surface area contributed by atoms with E-state index < -0.39 is 0 Å². The van der Waals surface area contributed by atoms with E-state index in [1.807, 2.05) is 0 Å². The number of carbonyl (C=O) groups excluding carboxylic acids is 1. The number of nitrogen functional groups attached to an aromatic ring is 1. The molecular weight excluding hydrogens is 298 g/mol. The van der Waals surface area contributed by atoms with Gasteiger partial charge in [-0.25, -0.2) is 4.98 Å². The van der Waals surface area contributed by atoms with E-state index in [1.54, 1.807) is 18.2 Å². The van der Waals surface area contributed by atoms with E-state index >= 15 is 0 Å². The van der Waals surface area contributed by atoms with Crippen LogP contribution in [0.3, 0.4) is 0 Å². The lowest BCUT2D eigenvalue weighted by molar-refractivity contribution is -0.116. The van der Waals surface area contributed by atoms with Crippen molar-refractivity contribution in [1.82, 2.24) is 15.2 Å². The molecule has 0 bridgehead atoms. The molecule has 1 aromatic carbocycles. The molecule has 1 amide bonds. The predicted molar refractivity (Wildman–Crippen MR) is 80.8 cm³/mol. The first-order valence-electron chi connectivity index (χ1n) is 5.98. The number of nitrogens with two attached hydrogens (primary N) is 1. The van der Waals surface area contributed by atoms with Crippen molar-refractivity contribution in [3.63, 3.8) is 0 Å². The molecule has 0 fully saturated rings. The fourth-order valence-corrected chi connectivity index (χ4v) is 2.35. The Morgan fingerprint density at radius 3 is 3.05 bits per heavy atom. The SMILES string of the molecule is Nc1cc(NC(=O)CCCSc2ncn[nH]2)ccc1Cl. The number of hydrogen-bond donors (Lipinski definition) is 3. The van der Waals surface area contributed by atoms with Crippen LogP contribution in [0.2, 0.25) is 5.02 Å². The summed E-state index contributed by atoms with van der Waals surface area (Å²) in [5, 5.41) is 10.5. The summed E-state index contributed by atoms with van der Waals surface area (Å²) in [5.41, 5.74) is 6.77. The molecule has 0 saturated carbocycles. The summed E-state index contributed by atoms with van der Waals surface area (Å²) in [5.74, 6) is 0.746. The quantitative estimate of drug-likeness (QED) is 0.433. The monoisotopic (exact) mass is 311 g/mol. The van der Waals surface area contributed by atoms with Crippen molar-refractivity contribution in [2.45, 2.75) is 18.0 Å². The molecule has 2 rings (SSSR count). The van der Waals surface area contributed by atoms with Crippen molar-refractivity contribution in [2.75, 3.05) is 16.8 Å². The first-order valence-corrected chi connectivity index (χ1v) is 7.34. The normalized spacial score (nSPS) is 10.4. The number of halogens is 1. The van der Waals surface area contributed by atoms with Crippen LogP contribution in [0.1, 0.15) is 12.8 Å². The largest absolute Gasteiger partial charge is 0.397 e. The third kappa shape index (κ3) is 4.43. The summed E-state index contributed by atoms with van der Waals surface area (Å²) in [6.45, 7) is 0. The highest BCUT2D eigenvalue weighted by Crippen LogP contribution is 2.22. The Labute approximate surface area is 125 Å². The Balaban J connectivity index is 1.71. The average Bonchev–Trinajstić information content (AvgIpc) is 2.92. The summed E-state index contributed by atoms with van der Waals surface area (Å²) < 4.78 is 0. The maximum atomic E-state index is 11.7. The molecule has 0 spiro atoms. The van der Waals surface area contributed by atoms with Crippen LogP contribution in [0.25, 0.3) is 0 Å². The molecule has 106 valence electrons. The number of aromatic amines is 1. The number of hydrogen-bond acceptors (Lipinski definition) is 5. The van der Waals surface area contributed by atoms with Gasteiger partial charge in [0.05, 0.1) is 10.7 Å². The number of thioether (sulfide) groups is 1. The number of nitrogens with one attached hydrogen (secondary N) is 2. The molecule has 1 aromatic heterocycles. The average molecular weight is 312 g/mol. The molecule has 8 heteroatoms. The van der Waals surface area contributed by atoms with Crippen LogP contribution in [-0.4, -0.2) is 26.8 Å². The van der Waals surface area contributed by atoms with Gasteiger partial charge in [0.2, 0.25) is 5.91 Å². The minimum atomic E-state index is -0.0510. The molecule has 0 aliphatic heterocycles. The van der Waals surface area contributed by atoms with Crippen LogP contribution >= 0.6 is 23.4 Å². The molecule has 6 nitrogen and oxygen atoms in total. The van der Waals surface area contributed by atoms with Gasteiger partial charge in [0.15, 0.2) is 5.16 Å². The molecule has 2 aromatic rings. The summed E-state index contributed by atoms with van der Waals surface area (Å²) in [6, 6.07) is 5.02. The number of benzene rings is 1. The first-order chi connectivity index (χ1) is 9.65. The lowest BCUT2D eigenvalue weighted by atomic mass is 10.2. The molecule has 1 heterocycles. The van der Waals surface area contributed by atoms with Gasteiger partial charge in [-0.2, -0.15) is 5.10 Å². The summed E-state index contributed by atoms with van der Waals surface area (Å²) in [4.78, 5) is 15.7. The lowest BCUT2D eigenvalue weighted by Gasteiger charge is -2.06. The molecule has 0 aliphatic rings. The molecule has 0 unspecified atom stereocenters. The fourth-order valence-electron chi connectivity index (χ4n) is 1.51. The molecule has 0 aliphatic carbocycles. The second-order valence-corrected chi connectivity index (χ2v) is 5.52. The first kappa shape index (κ1) is 14.7. The summed E-state index contributed by atoms with van der Waals surface area (Å²) >= 11 is 7.35. The van der Waals surface area contributed by atoms with Crippen LogP contribution in [-0.2, 0) is 4.79 Å².